The van der Waals surface area contributed by atoms with Crippen LogP contribution in [0, 0.1) is 12.7 Å². The molecule has 0 aromatic heterocycles. The van der Waals surface area contributed by atoms with Crippen LogP contribution in [0.5, 0.6) is 0 Å². The van der Waals surface area contributed by atoms with Crippen molar-refractivity contribution >= 4 is 5.91 Å². The van der Waals surface area contributed by atoms with Crippen molar-refractivity contribution in [2.45, 2.75) is 13.0 Å². The monoisotopic (exact) mass is 279 g/mol. The van der Waals surface area contributed by atoms with Gasteiger partial charge in [0.2, 0.25) is 0 Å². The van der Waals surface area contributed by atoms with Gasteiger partial charge in [-0.3, -0.25) is 9.69 Å². The zero-order valence-electron chi connectivity index (χ0n) is 12.3. The number of aryl methyl sites for hydroxylation is 1. The smallest absolute Gasteiger partial charge is 0.254 e. The second kappa shape index (κ2) is 6.33. The third kappa shape index (κ3) is 3.55. The molecule has 1 aromatic carbocycles. The van der Waals surface area contributed by atoms with Crippen LogP contribution in [-0.2, 0) is 0 Å². The lowest BCUT2D eigenvalue weighted by Crippen LogP contribution is -2.54. The first kappa shape index (κ1) is 14.9. The predicted molar refractivity (Wildman–Crippen MR) is 77.4 cm³/mol. The molecule has 1 N–H and O–H groups in total. The van der Waals surface area contributed by atoms with Gasteiger partial charge in [0, 0.05) is 32.2 Å². The van der Waals surface area contributed by atoms with Gasteiger partial charge in [-0.1, -0.05) is 11.6 Å². The SMILES string of the molecule is Cc1ccc(F)c(C(=O)NCC2CN(C)CCN2C)c1. The second-order valence-electron chi connectivity index (χ2n) is 5.59. The molecule has 110 valence electrons. The van der Waals surface area contributed by atoms with E-state index in [1.807, 2.05) is 6.92 Å². The molecular weight excluding hydrogens is 257 g/mol. The molecule has 20 heavy (non-hydrogen) atoms. The van der Waals surface area contributed by atoms with E-state index in [9.17, 15) is 9.18 Å². The highest BCUT2D eigenvalue weighted by Gasteiger charge is 2.23. The van der Waals surface area contributed by atoms with Gasteiger partial charge in [0.15, 0.2) is 0 Å². The van der Waals surface area contributed by atoms with Gasteiger partial charge in [-0.15, -0.1) is 0 Å². The summed E-state index contributed by atoms with van der Waals surface area (Å²) in [6.45, 7) is 5.31. The van der Waals surface area contributed by atoms with Crippen molar-refractivity contribution in [3.63, 3.8) is 0 Å². The van der Waals surface area contributed by atoms with E-state index >= 15 is 0 Å². The molecule has 1 aromatic rings. The molecule has 5 heteroatoms. The molecule has 1 fully saturated rings. The summed E-state index contributed by atoms with van der Waals surface area (Å²) in [5.41, 5.74) is 1.00. The van der Waals surface area contributed by atoms with E-state index in [0.29, 0.717) is 6.54 Å². The minimum absolute atomic E-state index is 0.122. The third-order valence-corrected chi connectivity index (χ3v) is 3.84. The Morgan fingerprint density at radius 2 is 2.15 bits per heavy atom. The molecule has 0 bridgehead atoms. The van der Waals surface area contributed by atoms with Crippen LogP contribution in [0.2, 0.25) is 0 Å². The van der Waals surface area contributed by atoms with Crippen molar-refractivity contribution in [1.82, 2.24) is 15.1 Å². The zero-order chi connectivity index (χ0) is 14.7. The highest BCUT2D eigenvalue weighted by atomic mass is 19.1. The van der Waals surface area contributed by atoms with Gasteiger partial charge in [0.05, 0.1) is 5.56 Å². The van der Waals surface area contributed by atoms with Crippen molar-refractivity contribution in [3.05, 3.63) is 35.1 Å². The maximum atomic E-state index is 13.6. The quantitative estimate of drug-likeness (QED) is 0.900. The van der Waals surface area contributed by atoms with Crippen molar-refractivity contribution < 1.29 is 9.18 Å². The molecule has 4 nitrogen and oxygen atoms in total. The molecule has 0 saturated carbocycles. The van der Waals surface area contributed by atoms with E-state index in [1.54, 1.807) is 12.1 Å². The first-order chi connectivity index (χ1) is 9.47. The Bertz CT molecular complexity index is 492. The summed E-state index contributed by atoms with van der Waals surface area (Å²) in [6, 6.07) is 4.85. The largest absolute Gasteiger partial charge is 0.350 e. The molecule has 1 unspecified atom stereocenters. The number of hydrogen-bond acceptors (Lipinski definition) is 3. The predicted octanol–water partition coefficient (Wildman–Crippen LogP) is 1.11. The van der Waals surface area contributed by atoms with Crippen LogP contribution in [0.15, 0.2) is 18.2 Å². The number of benzene rings is 1. The van der Waals surface area contributed by atoms with E-state index < -0.39 is 5.82 Å². The maximum absolute atomic E-state index is 13.6. The second-order valence-corrected chi connectivity index (χ2v) is 5.59. The van der Waals surface area contributed by atoms with Crippen LogP contribution in [0.25, 0.3) is 0 Å². The number of piperazine rings is 1. The normalized spacial score (nSPS) is 20.9. The third-order valence-electron chi connectivity index (χ3n) is 3.84. The van der Waals surface area contributed by atoms with E-state index in [2.05, 4.69) is 29.2 Å². The van der Waals surface area contributed by atoms with Gasteiger partial charge < -0.3 is 10.2 Å². The lowest BCUT2D eigenvalue weighted by Gasteiger charge is -2.37. The number of halogens is 1. The van der Waals surface area contributed by atoms with Gasteiger partial charge in [-0.2, -0.15) is 0 Å². The van der Waals surface area contributed by atoms with Crippen molar-refractivity contribution in [1.29, 1.82) is 0 Å². The standard InChI is InChI=1S/C15H22FN3O/c1-11-4-5-14(16)13(8-11)15(20)17-9-12-10-18(2)6-7-19(12)3/h4-5,8,12H,6-7,9-10H2,1-3H3,(H,17,20). The average Bonchev–Trinajstić information content (AvgIpc) is 2.42. The van der Waals surface area contributed by atoms with Crippen molar-refractivity contribution in [2.75, 3.05) is 40.3 Å². The molecule has 1 atom stereocenters. The summed E-state index contributed by atoms with van der Waals surface area (Å²) in [7, 11) is 4.12. The molecule has 1 aliphatic rings. The Balaban J connectivity index is 1.96. The Kier molecular flexibility index (Phi) is 4.73. The fraction of sp³-hybridized carbons (Fsp3) is 0.533. The van der Waals surface area contributed by atoms with Crippen LogP contribution < -0.4 is 5.32 Å². The molecule has 0 spiro atoms. The van der Waals surface area contributed by atoms with Crippen molar-refractivity contribution in [2.24, 2.45) is 0 Å². The van der Waals surface area contributed by atoms with Gasteiger partial charge in [-0.05, 0) is 33.2 Å². The highest BCUT2D eigenvalue weighted by molar-refractivity contribution is 5.94. The fourth-order valence-corrected chi connectivity index (χ4v) is 2.44. The molecule has 1 saturated heterocycles. The van der Waals surface area contributed by atoms with Crippen LogP contribution in [-0.4, -0.2) is 62.0 Å². The van der Waals surface area contributed by atoms with Crippen molar-refractivity contribution in [3.8, 4) is 0 Å². The van der Waals surface area contributed by atoms with E-state index in [-0.39, 0.29) is 17.5 Å². The summed E-state index contributed by atoms with van der Waals surface area (Å²) < 4.78 is 13.6. The van der Waals surface area contributed by atoms with Gasteiger partial charge in [-0.25, -0.2) is 4.39 Å². The maximum Gasteiger partial charge on any atom is 0.254 e. The van der Waals surface area contributed by atoms with Gasteiger partial charge in [0.1, 0.15) is 5.82 Å². The summed E-state index contributed by atoms with van der Waals surface area (Å²) in [6.07, 6.45) is 0. The lowest BCUT2D eigenvalue weighted by atomic mass is 10.1. The molecular formula is C15H22FN3O. The first-order valence-electron chi connectivity index (χ1n) is 6.90. The Hall–Kier alpha value is -1.46. The van der Waals surface area contributed by atoms with E-state index in [4.69, 9.17) is 0 Å². The minimum atomic E-state index is -0.470. The molecule has 0 aliphatic carbocycles. The molecule has 2 rings (SSSR count). The first-order valence-corrected chi connectivity index (χ1v) is 6.90. The number of nitrogens with zero attached hydrogens (tertiary/aromatic N) is 2. The number of carbonyl (C=O) groups is 1. The molecule has 0 radical (unpaired) electrons. The molecule has 1 amide bonds. The topological polar surface area (TPSA) is 35.6 Å². The summed E-state index contributed by atoms with van der Waals surface area (Å²) in [5, 5.41) is 2.84. The molecule has 1 aliphatic heterocycles. The number of hydrogen-bond donors (Lipinski definition) is 1. The van der Waals surface area contributed by atoms with Gasteiger partial charge in [0.25, 0.3) is 5.91 Å². The Morgan fingerprint density at radius 3 is 2.90 bits per heavy atom. The number of nitrogens with one attached hydrogen (secondary N) is 1. The van der Waals surface area contributed by atoms with Crippen LogP contribution >= 0.6 is 0 Å². The number of amides is 1. The number of carbonyl (C=O) groups excluding carboxylic acids is 1. The van der Waals surface area contributed by atoms with E-state index in [1.165, 1.54) is 6.07 Å². The Morgan fingerprint density at radius 1 is 1.40 bits per heavy atom. The highest BCUT2D eigenvalue weighted by Crippen LogP contribution is 2.10. The summed E-state index contributed by atoms with van der Waals surface area (Å²) in [4.78, 5) is 16.5. The minimum Gasteiger partial charge on any atom is -0.350 e. The van der Waals surface area contributed by atoms with Crippen LogP contribution in [0.1, 0.15) is 15.9 Å². The van der Waals surface area contributed by atoms with Gasteiger partial charge >= 0.3 is 0 Å². The zero-order valence-corrected chi connectivity index (χ0v) is 12.3. The lowest BCUT2D eigenvalue weighted by molar-refractivity contribution is 0.0877. The number of rotatable bonds is 3. The molecule has 1 heterocycles. The van der Waals surface area contributed by atoms with Crippen LogP contribution in [0.3, 0.4) is 0 Å². The average molecular weight is 279 g/mol. The summed E-state index contributed by atoms with van der Waals surface area (Å²) >= 11 is 0. The Labute approximate surface area is 119 Å². The van der Waals surface area contributed by atoms with Crippen LogP contribution in [0.4, 0.5) is 4.39 Å². The summed E-state index contributed by atoms with van der Waals surface area (Å²) in [5.74, 6) is -0.810. The fourth-order valence-electron chi connectivity index (χ4n) is 2.44. The number of likely N-dealkylation sites (N-methyl/N-ethyl adjacent to an activating group) is 2. The van der Waals surface area contributed by atoms with E-state index in [0.717, 1.165) is 25.2 Å².